The summed E-state index contributed by atoms with van der Waals surface area (Å²) in [6, 6.07) is 1.84. The Morgan fingerprint density at radius 1 is 1.39 bits per heavy atom. The van der Waals surface area contributed by atoms with Crippen molar-refractivity contribution in [3.05, 3.63) is 48.9 Å². The van der Waals surface area contributed by atoms with Gasteiger partial charge in [0.15, 0.2) is 5.82 Å². The second-order valence-corrected chi connectivity index (χ2v) is 8.26. The highest BCUT2D eigenvalue weighted by molar-refractivity contribution is 7.19. The van der Waals surface area contributed by atoms with Gasteiger partial charge in [0, 0.05) is 17.6 Å². The van der Waals surface area contributed by atoms with Crippen LogP contribution in [0.4, 0.5) is 5.82 Å². The van der Waals surface area contributed by atoms with Crippen LogP contribution in [-0.4, -0.2) is 19.1 Å². The average molecular weight is 396 g/mol. The molecule has 0 fully saturated rings. The largest absolute Gasteiger partial charge is 0.383 e. The maximum Gasteiger partial charge on any atom is 0.331 e. The molecule has 8 nitrogen and oxygen atoms in total. The normalized spacial score (nSPS) is 16.1. The van der Waals surface area contributed by atoms with Gasteiger partial charge in [-0.05, 0) is 37.7 Å². The Balaban J connectivity index is 1.83. The highest BCUT2D eigenvalue weighted by Gasteiger charge is 2.23. The molecular formula is C19H20N6O2S. The number of hydrogen-bond donors (Lipinski definition) is 1. The first-order valence-electron chi connectivity index (χ1n) is 9.23. The fraction of sp³-hybridized carbons (Fsp3) is 0.421. The summed E-state index contributed by atoms with van der Waals surface area (Å²) in [6.45, 7) is 4.24. The molecule has 3 heterocycles. The number of thiophene rings is 1. The second-order valence-electron chi connectivity index (χ2n) is 7.17. The number of nitriles is 1. The van der Waals surface area contributed by atoms with Gasteiger partial charge in [0.25, 0.3) is 5.56 Å². The van der Waals surface area contributed by atoms with Crippen LogP contribution in [0.15, 0.2) is 15.8 Å². The maximum atomic E-state index is 12.6. The summed E-state index contributed by atoms with van der Waals surface area (Å²) in [6.07, 6.45) is 4.38. The summed E-state index contributed by atoms with van der Waals surface area (Å²) in [5.41, 5.74) is 6.25. The molecule has 9 heteroatoms. The van der Waals surface area contributed by atoms with E-state index in [-0.39, 0.29) is 12.1 Å². The van der Waals surface area contributed by atoms with E-state index in [0.29, 0.717) is 24.1 Å². The lowest BCUT2D eigenvalue weighted by molar-refractivity contribution is 0.509. The van der Waals surface area contributed by atoms with Crippen LogP contribution >= 0.6 is 11.3 Å². The minimum absolute atomic E-state index is 0.0870. The molecule has 4 rings (SSSR count). The van der Waals surface area contributed by atoms with Gasteiger partial charge in [0.05, 0.1) is 11.9 Å². The van der Waals surface area contributed by atoms with Gasteiger partial charge in [0.1, 0.15) is 22.3 Å². The summed E-state index contributed by atoms with van der Waals surface area (Å²) < 4.78 is 2.32. The topological polar surface area (TPSA) is 120 Å². The Labute approximate surface area is 164 Å². The van der Waals surface area contributed by atoms with Crippen molar-refractivity contribution < 1.29 is 0 Å². The fourth-order valence-electron chi connectivity index (χ4n) is 3.72. The summed E-state index contributed by atoms with van der Waals surface area (Å²) >= 11 is 1.61. The van der Waals surface area contributed by atoms with Crippen molar-refractivity contribution in [2.45, 2.75) is 46.2 Å². The Bertz CT molecular complexity index is 1250. The molecular weight excluding hydrogens is 376 g/mol. The molecule has 3 aromatic rings. The lowest BCUT2D eigenvalue weighted by Gasteiger charge is -2.17. The maximum absolute atomic E-state index is 12.6. The molecule has 0 spiro atoms. The lowest BCUT2D eigenvalue weighted by Crippen LogP contribution is -2.41. The molecule has 0 aromatic carbocycles. The van der Waals surface area contributed by atoms with Crippen LogP contribution < -0.4 is 17.0 Å². The molecule has 0 radical (unpaired) electrons. The fourth-order valence-corrected chi connectivity index (χ4v) is 5.13. The number of hydrogen-bond acceptors (Lipinski definition) is 7. The van der Waals surface area contributed by atoms with E-state index < -0.39 is 11.2 Å². The number of rotatable bonds is 3. The number of aryl methyl sites for hydroxylation is 2. The predicted octanol–water partition coefficient (Wildman–Crippen LogP) is 1.66. The number of fused-ring (bicyclic) bond motifs is 3. The number of aromatic nitrogens is 4. The van der Waals surface area contributed by atoms with E-state index in [9.17, 15) is 14.9 Å². The smallest absolute Gasteiger partial charge is 0.331 e. The van der Waals surface area contributed by atoms with Gasteiger partial charge >= 0.3 is 5.69 Å². The van der Waals surface area contributed by atoms with E-state index in [1.54, 1.807) is 18.3 Å². The molecule has 1 unspecified atom stereocenters. The Hall–Kier alpha value is -2.99. The summed E-state index contributed by atoms with van der Waals surface area (Å²) in [5.74, 6) is 1.31. The molecule has 0 bridgehead atoms. The van der Waals surface area contributed by atoms with Gasteiger partial charge in [-0.15, -0.1) is 11.3 Å². The van der Waals surface area contributed by atoms with E-state index in [2.05, 4.69) is 16.9 Å². The number of nitrogen functional groups attached to an aromatic ring is 1. The summed E-state index contributed by atoms with van der Waals surface area (Å²) in [5, 5.41) is 10.1. The zero-order chi connectivity index (χ0) is 20.0. The molecule has 0 aliphatic heterocycles. The zero-order valence-electron chi connectivity index (χ0n) is 15.7. The first kappa shape index (κ1) is 18.4. The molecule has 2 N–H and O–H groups in total. The molecule has 0 saturated carbocycles. The first-order valence-corrected chi connectivity index (χ1v) is 10.1. The van der Waals surface area contributed by atoms with Gasteiger partial charge in [-0.25, -0.2) is 14.8 Å². The van der Waals surface area contributed by atoms with E-state index in [4.69, 9.17) is 5.73 Å². The highest BCUT2D eigenvalue weighted by atomic mass is 32.1. The quantitative estimate of drug-likeness (QED) is 0.719. The Morgan fingerprint density at radius 3 is 2.89 bits per heavy atom. The zero-order valence-corrected chi connectivity index (χ0v) is 16.5. The third-order valence-electron chi connectivity index (χ3n) is 5.23. The SMILES string of the molecule is CCn1cc(C#N)c(=O)n(Cc2nc(N)c3c4c(sc3n2)CC(C)CC4)c1=O. The van der Waals surface area contributed by atoms with Gasteiger partial charge in [-0.2, -0.15) is 5.26 Å². The number of nitrogens with two attached hydrogens (primary N) is 1. The van der Waals surface area contributed by atoms with Gasteiger partial charge < -0.3 is 5.73 Å². The van der Waals surface area contributed by atoms with Crippen LogP contribution in [0.1, 0.15) is 42.1 Å². The van der Waals surface area contributed by atoms with Crippen LogP contribution in [0.25, 0.3) is 10.2 Å². The van der Waals surface area contributed by atoms with Crippen LogP contribution in [0, 0.1) is 17.2 Å². The molecule has 0 saturated heterocycles. The van der Waals surface area contributed by atoms with Crippen molar-refractivity contribution in [3.8, 4) is 6.07 Å². The minimum atomic E-state index is -0.640. The van der Waals surface area contributed by atoms with Crippen molar-refractivity contribution in [2.24, 2.45) is 5.92 Å². The Morgan fingerprint density at radius 2 is 2.18 bits per heavy atom. The number of nitrogens with zero attached hydrogens (tertiary/aromatic N) is 5. The molecule has 0 amide bonds. The van der Waals surface area contributed by atoms with Crippen molar-refractivity contribution in [1.29, 1.82) is 5.26 Å². The molecule has 1 aliphatic rings. The third kappa shape index (κ3) is 2.90. The number of anilines is 1. The first-order chi connectivity index (χ1) is 13.4. The molecule has 3 aromatic heterocycles. The predicted molar refractivity (Wildman–Crippen MR) is 107 cm³/mol. The van der Waals surface area contributed by atoms with Crippen molar-refractivity contribution in [1.82, 2.24) is 19.1 Å². The van der Waals surface area contributed by atoms with Crippen LogP contribution in [0.3, 0.4) is 0 Å². The van der Waals surface area contributed by atoms with Crippen molar-refractivity contribution in [3.63, 3.8) is 0 Å². The van der Waals surface area contributed by atoms with Gasteiger partial charge in [-0.3, -0.25) is 13.9 Å². The minimum Gasteiger partial charge on any atom is -0.383 e. The van der Waals surface area contributed by atoms with E-state index in [1.807, 2.05) is 6.07 Å². The molecule has 28 heavy (non-hydrogen) atoms. The van der Waals surface area contributed by atoms with Crippen molar-refractivity contribution >= 4 is 27.4 Å². The summed E-state index contributed by atoms with van der Waals surface area (Å²) in [4.78, 5) is 36.1. The van der Waals surface area contributed by atoms with Gasteiger partial charge in [0.2, 0.25) is 0 Å². The summed E-state index contributed by atoms with van der Waals surface area (Å²) in [7, 11) is 0. The lowest BCUT2D eigenvalue weighted by atomic mass is 9.89. The third-order valence-corrected chi connectivity index (χ3v) is 6.38. The average Bonchev–Trinajstić information content (AvgIpc) is 3.03. The van der Waals surface area contributed by atoms with Crippen LogP contribution in [0.5, 0.6) is 0 Å². The van der Waals surface area contributed by atoms with E-state index in [1.165, 1.54) is 21.2 Å². The van der Waals surface area contributed by atoms with Crippen LogP contribution in [0.2, 0.25) is 0 Å². The molecule has 1 aliphatic carbocycles. The highest BCUT2D eigenvalue weighted by Crippen LogP contribution is 2.39. The molecule has 1 atom stereocenters. The van der Waals surface area contributed by atoms with E-state index >= 15 is 0 Å². The van der Waals surface area contributed by atoms with E-state index in [0.717, 1.165) is 34.0 Å². The molecule has 144 valence electrons. The van der Waals surface area contributed by atoms with Gasteiger partial charge in [-0.1, -0.05) is 6.92 Å². The van der Waals surface area contributed by atoms with Crippen LogP contribution in [-0.2, 0) is 25.9 Å². The second kappa shape index (κ2) is 6.87. The monoisotopic (exact) mass is 396 g/mol. The Kier molecular flexibility index (Phi) is 4.51. The standard InChI is InChI=1S/C19H20N6O2S/c1-3-24-8-11(7-20)18(26)25(19(24)27)9-14-22-16(21)15-12-5-4-10(2)6-13(12)28-17(15)23-14/h8,10H,3-6,9H2,1-2H3,(H2,21,22,23). The van der Waals surface area contributed by atoms with Crippen molar-refractivity contribution in [2.75, 3.05) is 5.73 Å².